The van der Waals surface area contributed by atoms with Gasteiger partial charge in [-0.25, -0.2) is 9.37 Å². The molecule has 2 heterocycles. The number of aromatic nitrogens is 2. The van der Waals surface area contributed by atoms with E-state index in [0.717, 1.165) is 11.6 Å². The van der Waals surface area contributed by atoms with Crippen LogP contribution in [-0.2, 0) is 0 Å². The van der Waals surface area contributed by atoms with Crippen molar-refractivity contribution in [3.63, 3.8) is 0 Å². The summed E-state index contributed by atoms with van der Waals surface area (Å²) in [5.41, 5.74) is 1.85. The Balaban J connectivity index is 1.94. The summed E-state index contributed by atoms with van der Waals surface area (Å²) in [7, 11) is 0. The Morgan fingerprint density at radius 1 is 1.16 bits per heavy atom. The van der Waals surface area contributed by atoms with Crippen LogP contribution in [0.3, 0.4) is 0 Å². The minimum Gasteiger partial charge on any atom is -0.506 e. The second kappa shape index (κ2) is 6.02. The molecular weight excluding hydrogens is 343 g/mol. The highest BCUT2D eigenvalue weighted by Crippen LogP contribution is 2.38. The van der Waals surface area contributed by atoms with Gasteiger partial charge in [-0.15, -0.1) is 0 Å². The van der Waals surface area contributed by atoms with Gasteiger partial charge in [0, 0.05) is 6.20 Å². The van der Waals surface area contributed by atoms with Gasteiger partial charge in [0.25, 0.3) is 0 Å². The zero-order valence-corrected chi connectivity index (χ0v) is 13.7. The molecule has 0 aliphatic heterocycles. The summed E-state index contributed by atoms with van der Waals surface area (Å²) in [4.78, 5) is 4.64. The first-order valence-electron chi connectivity index (χ1n) is 7.74. The zero-order valence-electron chi connectivity index (χ0n) is 13.0. The van der Waals surface area contributed by atoms with Crippen molar-refractivity contribution in [2.75, 3.05) is 0 Å². The van der Waals surface area contributed by atoms with Crippen molar-refractivity contribution in [3.05, 3.63) is 77.4 Å². The quantitative estimate of drug-likeness (QED) is 0.722. The lowest BCUT2D eigenvalue weighted by Crippen LogP contribution is -2.17. The van der Waals surface area contributed by atoms with Gasteiger partial charge < -0.3 is 10.2 Å². The average molecular weight is 357 g/mol. The first-order chi connectivity index (χ1) is 12.1. The monoisotopic (exact) mass is 356 g/mol. The maximum absolute atomic E-state index is 13.3. The molecule has 1 aliphatic rings. The summed E-state index contributed by atoms with van der Waals surface area (Å²) in [6.45, 7) is 0. The molecule has 2 unspecified atom stereocenters. The van der Waals surface area contributed by atoms with E-state index in [9.17, 15) is 14.6 Å². The minimum atomic E-state index is -1.01. The van der Waals surface area contributed by atoms with Crippen LogP contribution >= 0.6 is 11.6 Å². The maximum Gasteiger partial charge on any atom is 0.148 e. The molecule has 0 spiro atoms. The van der Waals surface area contributed by atoms with Crippen LogP contribution in [0, 0.1) is 0 Å². The predicted molar refractivity (Wildman–Crippen MR) is 94.4 cm³/mol. The van der Waals surface area contributed by atoms with Gasteiger partial charge in [-0.3, -0.25) is 4.40 Å². The van der Waals surface area contributed by atoms with E-state index < -0.39 is 17.8 Å². The molecule has 2 aromatic heterocycles. The van der Waals surface area contributed by atoms with Crippen LogP contribution in [0.5, 0.6) is 5.75 Å². The fraction of sp³-hybridized carbons (Fsp3) is 0.105. The molecule has 25 heavy (non-hydrogen) atoms. The van der Waals surface area contributed by atoms with Crippen LogP contribution < -0.4 is 0 Å². The molecular formula is C19H14ClFN2O2. The number of hydrogen-bond acceptors (Lipinski definition) is 3. The number of hydrogen-bond donors (Lipinski definition) is 2. The number of allylic oxidation sites excluding steroid dienone is 2. The lowest BCUT2D eigenvalue weighted by Gasteiger charge is -2.18. The minimum absolute atomic E-state index is 0.0582. The maximum atomic E-state index is 13.3. The van der Waals surface area contributed by atoms with Crippen molar-refractivity contribution in [3.8, 4) is 17.1 Å². The number of rotatable bonds is 2. The second-order valence-corrected chi connectivity index (χ2v) is 6.25. The van der Waals surface area contributed by atoms with Gasteiger partial charge in [0.2, 0.25) is 0 Å². The van der Waals surface area contributed by atoms with Gasteiger partial charge >= 0.3 is 0 Å². The van der Waals surface area contributed by atoms with Crippen molar-refractivity contribution in [1.29, 1.82) is 0 Å². The summed E-state index contributed by atoms with van der Waals surface area (Å²) < 4.78 is 15.2. The number of para-hydroxylation sites is 1. The SMILES string of the molecule is Oc1c(Cl)cccc1-c1nc(C2C=CC(F)=CC2O)c2ccccn12. The normalized spacial score (nSPS) is 20.0. The first-order valence-corrected chi connectivity index (χ1v) is 8.12. The number of phenolic OH excluding ortho intramolecular Hbond substituents is 1. The average Bonchev–Trinajstić information content (AvgIpc) is 2.97. The van der Waals surface area contributed by atoms with Crippen LogP contribution in [-0.4, -0.2) is 25.7 Å². The van der Waals surface area contributed by atoms with Gasteiger partial charge in [-0.2, -0.15) is 0 Å². The van der Waals surface area contributed by atoms with Crippen molar-refractivity contribution >= 4 is 17.1 Å². The number of halogens is 2. The van der Waals surface area contributed by atoms with Crippen LogP contribution in [0.1, 0.15) is 11.6 Å². The molecule has 4 rings (SSSR count). The van der Waals surface area contributed by atoms with Crippen LogP contribution in [0.4, 0.5) is 4.39 Å². The van der Waals surface area contributed by atoms with E-state index in [1.54, 1.807) is 24.3 Å². The van der Waals surface area contributed by atoms with Gasteiger partial charge in [0.15, 0.2) is 0 Å². The summed E-state index contributed by atoms with van der Waals surface area (Å²) in [6.07, 6.45) is 4.88. The van der Waals surface area contributed by atoms with E-state index in [2.05, 4.69) is 4.98 Å². The molecule has 1 aromatic carbocycles. The molecule has 6 heteroatoms. The summed E-state index contributed by atoms with van der Waals surface area (Å²) in [6, 6.07) is 10.6. The number of pyridine rings is 1. The third kappa shape index (κ3) is 2.62. The molecule has 0 saturated carbocycles. The Bertz CT molecular complexity index is 1030. The van der Waals surface area contributed by atoms with Crippen molar-refractivity contribution in [2.45, 2.75) is 12.0 Å². The third-order valence-corrected chi connectivity index (χ3v) is 4.59. The van der Waals surface area contributed by atoms with Gasteiger partial charge in [0.05, 0.1) is 33.8 Å². The van der Waals surface area contributed by atoms with Gasteiger partial charge in [-0.1, -0.05) is 29.8 Å². The van der Waals surface area contributed by atoms with E-state index in [0.29, 0.717) is 17.1 Å². The Morgan fingerprint density at radius 2 is 2.00 bits per heavy atom. The van der Waals surface area contributed by atoms with E-state index in [-0.39, 0.29) is 10.8 Å². The first kappa shape index (κ1) is 15.9. The van der Waals surface area contributed by atoms with Crippen LogP contribution in [0.25, 0.3) is 16.9 Å². The van der Waals surface area contributed by atoms with Gasteiger partial charge in [0.1, 0.15) is 17.4 Å². The van der Waals surface area contributed by atoms with E-state index in [4.69, 9.17) is 11.6 Å². The molecule has 2 atom stereocenters. The molecule has 0 bridgehead atoms. The number of aliphatic hydroxyl groups excluding tert-OH is 1. The zero-order chi connectivity index (χ0) is 17.6. The van der Waals surface area contributed by atoms with E-state index in [1.807, 2.05) is 28.8 Å². The lowest BCUT2D eigenvalue weighted by atomic mass is 9.93. The predicted octanol–water partition coefficient (Wildman–Crippen LogP) is 4.23. The molecule has 2 N–H and O–H groups in total. The molecule has 1 aliphatic carbocycles. The second-order valence-electron chi connectivity index (χ2n) is 5.84. The molecule has 0 amide bonds. The topological polar surface area (TPSA) is 57.8 Å². The Labute approximate surface area is 148 Å². The largest absolute Gasteiger partial charge is 0.506 e. The Morgan fingerprint density at radius 3 is 2.80 bits per heavy atom. The van der Waals surface area contributed by atoms with Crippen LogP contribution in [0.15, 0.2) is 66.6 Å². The summed E-state index contributed by atoms with van der Waals surface area (Å²) in [5.74, 6) is -0.509. The highest BCUT2D eigenvalue weighted by molar-refractivity contribution is 6.32. The Kier molecular flexibility index (Phi) is 3.82. The Hall–Kier alpha value is -2.63. The fourth-order valence-electron chi connectivity index (χ4n) is 3.08. The van der Waals surface area contributed by atoms with Crippen molar-refractivity contribution in [1.82, 2.24) is 9.38 Å². The molecule has 0 fully saturated rings. The third-order valence-electron chi connectivity index (χ3n) is 4.28. The highest BCUT2D eigenvalue weighted by Gasteiger charge is 2.27. The summed E-state index contributed by atoms with van der Waals surface area (Å²) in [5, 5.41) is 20.8. The fourth-order valence-corrected chi connectivity index (χ4v) is 3.25. The number of aliphatic hydroxyl groups is 1. The molecule has 0 saturated heterocycles. The molecule has 4 nitrogen and oxygen atoms in total. The van der Waals surface area contributed by atoms with E-state index in [1.165, 1.54) is 6.08 Å². The number of imidazole rings is 1. The van der Waals surface area contributed by atoms with Crippen molar-refractivity contribution in [2.24, 2.45) is 0 Å². The van der Waals surface area contributed by atoms with Crippen LogP contribution in [0.2, 0.25) is 5.02 Å². The molecule has 3 aromatic rings. The van der Waals surface area contributed by atoms with Crippen molar-refractivity contribution < 1.29 is 14.6 Å². The number of fused-ring (bicyclic) bond motifs is 1. The lowest BCUT2D eigenvalue weighted by molar-refractivity contribution is 0.201. The number of aromatic hydroxyl groups is 1. The van der Waals surface area contributed by atoms with E-state index >= 15 is 0 Å². The number of benzene rings is 1. The smallest absolute Gasteiger partial charge is 0.148 e. The summed E-state index contributed by atoms with van der Waals surface area (Å²) >= 11 is 6.02. The number of phenols is 1. The van der Waals surface area contributed by atoms with Gasteiger partial charge in [-0.05, 0) is 36.4 Å². The molecule has 0 radical (unpaired) electrons. The molecule has 126 valence electrons. The number of nitrogens with zero attached hydrogens (tertiary/aromatic N) is 2. The standard InChI is InChI=1S/C19H14ClFN2O2/c20-14-5-3-4-13(18(14)25)19-22-17(15-6-1-2-9-23(15)19)12-8-7-11(21)10-16(12)24/h1-10,12,16,24-25H. The highest BCUT2D eigenvalue weighted by atomic mass is 35.5.